The maximum absolute atomic E-state index is 8.86. The van der Waals surface area contributed by atoms with E-state index in [9.17, 15) is 0 Å². The first-order chi connectivity index (χ1) is 11.8. The van der Waals surface area contributed by atoms with Crippen molar-refractivity contribution in [1.29, 1.82) is 5.26 Å². The Morgan fingerprint density at radius 2 is 1.42 bits per heavy atom. The van der Waals surface area contributed by atoms with Gasteiger partial charge in [0.15, 0.2) is 11.6 Å². The second-order valence-electron chi connectivity index (χ2n) is 5.36. The number of hydrogen-bond acceptors (Lipinski definition) is 4. The molecule has 3 aromatic rings. The van der Waals surface area contributed by atoms with Gasteiger partial charge in [-0.15, -0.1) is 0 Å². The van der Waals surface area contributed by atoms with Crippen molar-refractivity contribution in [3.8, 4) is 34.3 Å². The van der Waals surface area contributed by atoms with E-state index in [2.05, 4.69) is 23.0 Å². The average molecular weight is 315 g/mol. The van der Waals surface area contributed by atoms with Gasteiger partial charge in [0.1, 0.15) is 0 Å². The second-order valence-corrected chi connectivity index (χ2v) is 5.36. The van der Waals surface area contributed by atoms with Gasteiger partial charge in [-0.05, 0) is 29.7 Å². The molecular weight excluding hydrogens is 298 g/mol. The van der Waals surface area contributed by atoms with Crippen LogP contribution >= 0.6 is 0 Å². The van der Waals surface area contributed by atoms with Crippen LogP contribution in [0, 0.1) is 11.3 Å². The van der Waals surface area contributed by atoms with E-state index in [1.165, 1.54) is 0 Å². The lowest BCUT2D eigenvalue weighted by Gasteiger charge is -2.06. The predicted octanol–water partition coefficient (Wildman–Crippen LogP) is 4.47. The minimum Gasteiger partial charge on any atom is -0.490 e. The molecule has 0 saturated heterocycles. The topological polar surface area (TPSA) is 58.8 Å². The van der Waals surface area contributed by atoms with Crippen LogP contribution in [0.5, 0.6) is 5.75 Å². The van der Waals surface area contributed by atoms with Gasteiger partial charge in [0.25, 0.3) is 0 Å². The van der Waals surface area contributed by atoms with E-state index < -0.39 is 0 Å². The van der Waals surface area contributed by atoms with Gasteiger partial charge in [-0.1, -0.05) is 43.3 Å². The molecule has 24 heavy (non-hydrogen) atoms. The van der Waals surface area contributed by atoms with Gasteiger partial charge in [-0.3, -0.25) is 0 Å². The van der Waals surface area contributed by atoms with Crippen LogP contribution < -0.4 is 4.74 Å². The average Bonchev–Trinajstić information content (AvgIpc) is 2.67. The Balaban J connectivity index is 1.77. The Kier molecular flexibility index (Phi) is 4.83. The van der Waals surface area contributed by atoms with Crippen LogP contribution in [-0.4, -0.2) is 16.6 Å². The van der Waals surface area contributed by atoms with Crippen molar-refractivity contribution in [2.75, 3.05) is 6.61 Å². The fourth-order valence-corrected chi connectivity index (χ4v) is 2.31. The first kappa shape index (κ1) is 15.7. The lowest BCUT2D eigenvalue weighted by atomic mass is 10.0. The highest BCUT2D eigenvalue weighted by Gasteiger charge is 2.04. The van der Waals surface area contributed by atoms with Crippen LogP contribution in [-0.2, 0) is 0 Å². The Hall–Kier alpha value is -3.19. The van der Waals surface area contributed by atoms with E-state index in [0.717, 1.165) is 23.1 Å². The minimum absolute atomic E-state index is 0.661. The van der Waals surface area contributed by atoms with E-state index >= 15 is 0 Å². The molecule has 0 atom stereocenters. The molecule has 0 radical (unpaired) electrons. The van der Waals surface area contributed by atoms with Crippen LogP contribution in [0.4, 0.5) is 0 Å². The molecule has 0 bridgehead atoms. The summed E-state index contributed by atoms with van der Waals surface area (Å²) in [5.41, 5.74) is 3.78. The Bertz CT molecular complexity index is 832. The van der Waals surface area contributed by atoms with Gasteiger partial charge >= 0.3 is 0 Å². The van der Waals surface area contributed by atoms with Crippen LogP contribution in [0.2, 0.25) is 0 Å². The van der Waals surface area contributed by atoms with E-state index in [-0.39, 0.29) is 0 Å². The van der Waals surface area contributed by atoms with E-state index in [1.807, 2.05) is 48.5 Å². The molecule has 1 heterocycles. The van der Waals surface area contributed by atoms with E-state index in [0.29, 0.717) is 23.7 Å². The van der Waals surface area contributed by atoms with Gasteiger partial charge < -0.3 is 4.74 Å². The smallest absolute Gasteiger partial charge is 0.159 e. The first-order valence-electron chi connectivity index (χ1n) is 7.86. The third-order valence-electron chi connectivity index (χ3n) is 3.59. The van der Waals surface area contributed by atoms with Crippen LogP contribution in [0.1, 0.15) is 18.9 Å². The van der Waals surface area contributed by atoms with Crippen molar-refractivity contribution in [3.05, 3.63) is 66.5 Å². The summed E-state index contributed by atoms with van der Waals surface area (Å²) in [5, 5.41) is 8.86. The summed E-state index contributed by atoms with van der Waals surface area (Å²) >= 11 is 0. The lowest BCUT2D eigenvalue weighted by Crippen LogP contribution is -1.97. The summed E-state index contributed by atoms with van der Waals surface area (Å²) in [6.07, 6.45) is 4.36. The molecule has 0 saturated carbocycles. The highest BCUT2D eigenvalue weighted by molar-refractivity contribution is 5.68. The van der Waals surface area contributed by atoms with E-state index in [4.69, 9.17) is 10.00 Å². The molecule has 0 spiro atoms. The van der Waals surface area contributed by atoms with Crippen LogP contribution in [0.25, 0.3) is 22.5 Å². The third-order valence-corrected chi connectivity index (χ3v) is 3.59. The molecule has 3 rings (SSSR count). The van der Waals surface area contributed by atoms with Crippen molar-refractivity contribution in [1.82, 2.24) is 9.97 Å². The summed E-state index contributed by atoms with van der Waals surface area (Å²) in [6, 6.07) is 17.7. The fraction of sp³-hybridized carbons (Fsp3) is 0.150. The minimum atomic E-state index is 0.661. The van der Waals surface area contributed by atoms with Crippen molar-refractivity contribution < 1.29 is 4.74 Å². The van der Waals surface area contributed by atoms with Crippen molar-refractivity contribution in [2.45, 2.75) is 13.3 Å². The number of hydrogen-bond donors (Lipinski definition) is 0. The van der Waals surface area contributed by atoms with Crippen molar-refractivity contribution >= 4 is 0 Å². The molecule has 1 aromatic heterocycles. The molecule has 2 aromatic carbocycles. The highest BCUT2D eigenvalue weighted by atomic mass is 16.5. The van der Waals surface area contributed by atoms with Gasteiger partial charge in [0.05, 0.1) is 30.6 Å². The maximum atomic E-state index is 8.86. The summed E-state index contributed by atoms with van der Waals surface area (Å²) < 4.78 is 5.49. The molecule has 4 heteroatoms. The molecule has 0 N–H and O–H groups in total. The van der Waals surface area contributed by atoms with Gasteiger partial charge in [-0.2, -0.15) is 5.26 Å². The van der Waals surface area contributed by atoms with Gasteiger partial charge in [0.2, 0.25) is 0 Å². The third kappa shape index (κ3) is 3.58. The molecule has 118 valence electrons. The zero-order valence-corrected chi connectivity index (χ0v) is 13.4. The number of nitrogens with zero attached hydrogens (tertiary/aromatic N) is 3. The Labute approximate surface area is 141 Å². The Morgan fingerprint density at radius 1 is 0.875 bits per heavy atom. The molecule has 0 amide bonds. The lowest BCUT2D eigenvalue weighted by molar-refractivity contribution is 0.315. The molecular formula is C20H17N3O. The molecule has 0 aliphatic heterocycles. The standard InChI is InChI=1S/C20H17N3O/c1-2-11-24-19-13-22-20(23-14-19)18-9-7-17(8-10-18)16-5-3-15(12-21)4-6-16/h3-10,13-14H,2,11H2,1H3. The molecule has 0 aliphatic rings. The largest absolute Gasteiger partial charge is 0.490 e. The number of rotatable bonds is 5. The first-order valence-corrected chi connectivity index (χ1v) is 7.86. The Morgan fingerprint density at radius 3 is 1.96 bits per heavy atom. The molecule has 0 fully saturated rings. The molecule has 4 nitrogen and oxygen atoms in total. The normalized spacial score (nSPS) is 10.2. The van der Waals surface area contributed by atoms with Gasteiger partial charge in [-0.25, -0.2) is 9.97 Å². The number of nitriles is 1. The monoisotopic (exact) mass is 315 g/mol. The number of aromatic nitrogens is 2. The summed E-state index contributed by atoms with van der Waals surface area (Å²) in [6.45, 7) is 2.73. The number of benzene rings is 2. The second kappa shape index (κ2) is 7.38. The SMILES string of the molecule is CCCOc1cnc(-c2ccc(-c3ccc(C#N)cc3)cc2)nc1. The molecule has 0 aliphatic carbocycles. The van der Waals surface area contributed by atoms with Crippen molar-refractivity contribution in [3.63, 3.8) is 0 Å². The summed E-state index contributed by atoms with van der Waals surface area (Å²) in [5.74, 6) is 1.36. The zero-order chi connectivity index (χ0) is 16.8. The van der Waals surface area contributed by atoms with E-state index in [1.54, 1.807) is 12.4 Å². The van der Waals surface area contributed by atoms with Gasteiger partial charge in [0, 0.05) is 5.56 Å². The quantitative estimate of drug-likeness (QED) is 0.697. The fourth-order valence-electron chi connectivity index (χ4n) is 2.31. The van der Waals surface area contributed by atoms with Crippen molar-refractivity contribution in [2.24, 2.45) is 0 Å². The highest BCUT2D eigenvalue weighted by Crippen LogP contribution is 2.23. The summed E-state index contributed by atoms with van der Waals surface area (Å²) in [4.78, 5) is 8.71. The van der Waals surface area contributed by atoms with Crippen LogP contribution in [0.3, 0.4) is 0 Å². The number of ether oxygens (including phenoxy) is 1. The van der Waals surface area contributed by atoms with Crippen LogP contribution in [0.15, 0.2) is 60.9 Å². The zero-order valence-electron chi connectivity index (χ0n) is 13.4. The maximum Gasteiger partial charge on any atom is 0.159 e. The molecule has 0 unspecified atom stereocenters. The summed E-state index contributed by atoms with van der Waals surface area (Å²) in [7, 11) is 0. The predicted molar refractivity (Wildman–Crippen MR) is 93.4 cm³/mol.